The number of hydrogen-bond acceptors (Lipinski definition) is 2. The average Bonchev–Trinajstić information content (AvgIpc) is 2.73. The number of aromatic nitrogens is 2. The van der Waals surface area contributed by atoms with Crippen LogP contribution in [0.25, 0.3) is 0 Å². The van der Waals surface area contributed by atoms with E-state index in [1.165, 1.54) is 25.1 Å². The molecule has 0 spiro atoms. The molecule has 98 valence electrons. The summed E-state index contributed by atoms with van der Waals surface area (Å²) in [6, 6.07) is 0. The van der Waals surface area contributed by atoms with E-state index in [1.54, 1.807) is 0 Å². The second-order valence-electron chi connectivity index (χ2n) is 5.96. The van der Waals surface area contributed by atoms with Crippen molar-refractivity contribution in [3.05, 3.63) is 18.2 Å². The fourth-order valence-corrected chi connectivity index (χ4v) is 2.00. The summed E-state index contributed by atoms with van der Waals surface area (Å²) < 4.78 is 2.28. The highest BCUT2D eigenvalue weighted by molar-refractivity contribution is 4.97. The molecule has 3 nitrogen and oxygen atoms in total. The summed E-state index contributed by atoms with van der Waals surface area (Å²) in [5.41, 5.74) is 6.02. The Morgan fingerprint density at radius 3 is 2.65 bits per heavy atom. The maximum absolute atomic E-state index is 5.73. The van der Waals surface area contributed by atoms with E-state index in [9.17, 15) is 0 Å². The first-order chi connectivity index (χ1) is 7.96. The Morgan fingerprint density at radius 2 is 2.06 bits per heavy atom. The fourth-order valence-electron chi connectivity index (χ4n) is 2.00. The lowest BCUT2D eigenvalue weighted by molar-refractivity contribution is 0.328. The minimum Gasteiger partial charge on any atom is -0.335 e. The minimum absolute atomic E-state index is 0.288. The average molecular weight is 237 g/mol. The molecule has 0 bridgehead atoms. The summed E-state index contributed by atoms with van der Waals surface area (Å²) >= 11 is 0. The van der Waals surface area contributed by atoms with Gasteiger partial charge in [0, 0.05) is 24.9 Å². The van der Waals surface area contributed by atoms with E-state index in [1.807, 2.05) is 6.20 Å². The van der Waals surface area contributed by atoms with Crippen molar-refractivity contribution < 1.29 is 0 Å². The Kier molecular flexibility index (Phi) is 5.19. The number of imidazole rings is 1. The van der Waals surface area contributed by atoms with Crippen LogP contribution in [0.4, 0.5) is 0 Å². The van der Waals surface area contributed by atoms with E-state index in [2.05, 4.69) is 43.4 Å². The van der Waals surface area contributed by atoms with Gasteiger partial charge in [-0.3, -0.25) is 0 Å². The molecule has 0 unspecified atom stereocenters. The summed E-state index contributed by atoms with van der Waals surface area (Å²) in [5.74, 6) is 1.70. The van der Waals surface area contributed by atoms with E-state index in [0.29, 0.717) is 5.92 Å². The lowest BCUT2D eigenvalue weighted by Crippen LogP contribution is -2.23. The molecule has 17 heavy (non-hydrogen) atoms. The first-order valence-corrected chi connectivity index (χ1v) is 6.67. The highest BCUT2D eigenvalue weighted by atomic mass is 15.1. The van der Waals surface area contributed by atoms with Gasteiger partial charge in [-0.15, -0.1) is 0 Å². The third-order valence-corrected chi connectivity index (χ3v) is 3.32. The molecule has 0 aromatic carbocycles. The maximum atomic E-state index is 5.73. The van der Waals surface area contributed by atoms with Crippen LogP contribution < -0.4 is 5.73 Å². The molecule has 2 N–H and O–H groups in total. The van der Waals surface area contributed by atoms with Crippen LogP contribution in [-0.4, -0.2) is 16.1 Å². The van der Waals surface area contributed by atoms with E-state index in [-0.39, 0.29) is 5.41 Å². The van der Waals surface area contributed by atoms with Crippen LogP contribution in [0.15, 0.2) is 12.4 Å². The normalized spacial score (nSPS) is 12.4. The smallest absolute Gasteiger partial charge is 0.111 e. The topological polar surface area (TPSA) is 43.8 Å². The van der Waals surface area contributed by atoms with Crippen LogP contribution in [0.3, 0.4) is 0 Å². The molecule has 1 rings (SSSR count). The third kappa shape index (κ3) is 4.50. The molecule has 0 saturated heterocycles. The van der Waals surface area contributed by atoms with Gasteiger partial charge in [0.2, 0.25) is 0 Å². The second-order valence-corrected chi connectivity index (χ2v) is 5.96. The fraction of sp³-hybridized carbons (Fsp3) is 0.786. The van der Waals surface area contributed by atoms with Crippen LogP contribution in [0.1, 0.15) is 58.7 Å². The number of aryl methyl sites for hydroxylation is 1. The number of nitrogens with zero attached hydrogens (tertiary/aromatic N) is 2. The van der Waals surface area contributed by atoms with Crippen LogP contribution in [-0.2, 0) is 6.54 Å². The number of hydrogen-bond donors (Lipinski definition) is 1. The summed E-state index contributed by atoms with van der Waals surface area (Å²) in [6.45, 7) is 10.7. The van der Waals surface area contributed by atoms with Gasteiger partial charge in [-0.2, -0.15) is 0 Å². The van der Waals surface area contributed by atoms with Gasteiger partial charge in [0.05, 0.1) is 0 Å². The van der Waals surface area contributed by atoms with Crippen LogP contribution in [0.5, 0.6) is 0 Å². The monoisotopic (exact) mass is 237 g/mol. The van der Waals surface area contributed by atoms with Crippen molar-refractivity contribution in [2.45, 2.75) is 59.4 Å². The predicted octanol–water partition coefficient (Wildman–Crippen LogP) is 3.16. The van der Waals surface area contributed by atoms with Gasteiger partial charge in [-0.25, -0.2) is 4.98 Å². The molecule has 1 heterocycles. The van der Waals surface area contributed by atoms with Crippen molar-refractivity contribution in [1.29, 1.82) is 0 Å². The lowest BCUT2D eigenvalue weighted by atomic mass is 9.87. The van der Waals surface area contributed by atoms with Crippen molar-refractivity contribution >= 4 is 0 Å². The molecular formula is C14H27N3. The quantitative estimate of drug-likeness (QED) is 0.740. The zero-order chi connectivity index (χ0) is 12.9. The molecule has 0 saturated carbocycles. The van der Waals surface area contributed by atoms with Crippen molar-refractivity contribution in [2.24, 2.45) is 11.1 Å². The van der Waals surface area contributed by atoms with E-state index in [4.69, 9.17) is 5.73 Å². The summed E-state index contributed by atoms with van der Waals surface area (Å²) in [7, 11) is 0. The van der Waals surface area contributed by atoms with Crippen LogP contribution >= 0.6 is 0 Å². The Hall–Kier alpha value is -0.830. The summed E-state index contributed by atoms with van der Waals surface area (Å²) in [6.07, 6.45) is 7.64. The molecule has 0 atom stereocenters. The predicted molar refractivity (Wildman–Crippen MR) is 73.0 cm³/mol. The van der Waals surface area contributed by atoms with Crippen molar-refractivity contribution in [3.8, 4) is 0 Å². The van der Waals surface area contributed by atoms with Gasteiger partial charge in [-0.05, 0) is 24.8 Å². The van der Waals surface area contributed by atoms with Crippen molar-refractivity contribution in [1.82, 2.24) is 9.55 Å². The first-order valence-electron chi connectivity index (χ1n) is 6.67. The highest BCUT2D eigenvalue weighted by Gasteiger charge is 2.14. The molecule has 1 aromatic heterocycles. The number of nitrogens with two attached hydrogens (primary N) is 1. The second kappa shape index (κ2) is 6.20. The number of rotatable bonds is 7. The van der Waals surface area contributed by atoms with Crippen LogP contribution in [0.2, 0.25) is 0 Å². The van der Waals surface area contributed by atoms with Crippen molar-refractivity contribution in [3.63, 3.8) is 0 Å². The van der Waals surface area contributed by atoms with Crippen molar-refractivity contribution in [2.75, 3.05) is 6.54 Å². The van der Waals surface area contributed by atoms with Gasteiger partial charge in [-0.1, -0.05) is 34.1 Å². The molecule has 0 radical (unpaired) electrons. The molecule has 0 aliphatic carbocycles. The number of unbranched alkanes of at least 4 members (excludes halogenated alkanes) is 1. The third-order valence-electron chi connectivity index (χ3n) is 3.32. The molecule has 1 aromatic rings. The summed E-state index contributed by atoms with van der Waals surface area (Å²) in [5, 5.41) is 0. The van der Waals surface area contributed by atoms with E-state index >= 15 is 0 Å². The zero-order valence-electron chi connectivity index (χ0n) is 11.7. The molecule has 0 amide bonds. The maximum Gasteiger partial charge on any atom is 0.111 e. The molecular weight excluding hydrogens is 210 g/mol. The molecule has 3 heteroatoms. The van der Waals surface area contributed by atoms with E-state index < -0.39 is 0 Å². The zero-order valence-corrected chi connectivity index (χ0v) is 11.7. The van der Waals surface area contributed by atoms with Gasteiger partial charge in [0.25, 0.3) is 0 Å². The Labute approximate surface area is 105 Å². The molecule has 0 aliphatic rings. The van der Waals surface area contributed by atoms with Gasteiger partial charge >= 0.3 is 0 Å². The standard InChI is InChI=1S/C14H27N3/c1-12(2)13-16-8-10-17(13)9-6-5-7-14(3,4)11-15/h8,10,12H,5-7,9,11,15H2,1-4H3. The highest BCUT2D eigenvalue weighted by Crippen LogP contribution is 2.21. The lowest BCUT2D eigenvalue weighted by Gasteiger charge is -2.22. The van der Waals surface area contributed by atoms with Gasteiger partial charge in [0.1, 0.15) is 5.82 Å². The Balaban J connectivity index is 2.34. The minimum atomic E-state index is 0.288. The van der Waals surface area contributed by atoms with Gasteiger partial charge in [0.15, 0.2) is 0 Å². The van der Waals surface area contributed by atoms with E-state index in [0.717, 1.165) is 13.1 Å². The van der Waals surface area contributed by atoms with Gasteiger partial charge < -0.3 is 10.3 Å². The Morgan fingerprint density at radius 1 is 1.35 bits per heavy atom. The SMILES string of the molecule is CC(C)c1nccn1CCCCC(C)(C)CN. The van der Waals surface area contributed by atoms with Crippen LogP contribution in [0, 0.1) is 5.41 Å². The molecule has 0 fully saturated rings. The molecule has 0 aliphatic heterocycles. The largest absolute Gasteiger partial charge is 0.335 e. The summed E-state index contributed by atoms with van der Waals surface area (Å²) in [4.78, 5) is 4.40. The first kappa shape index (κ1) is 14.2. The Bertz CT molecular complexity index is 326.